The smallest absolute Gasteiger partial charge is 0.220 e. The van der Waals surface area contributed by atoms with E-state index in [1.807, 2.05) is 0 Å². The number of hydrogen-bond acceptors (Lipinski definition) is 18. The molecule has 460 valence electrons. The lowest BCUT2D eigenvalue weighted by Crippen LogP contribution is -2.66. The molecule has 3 heterocycles. The molecule has 19 heteroatoms. The normalized spacial score (nSPS) is 30.5. The summed E-state index contributed by atoms with van der Waals surface area (Å²) >= 11 is 0. The highest BCUT2D eigenvalue weighted by molar-refractivity contribution is 5.76. The first-order chi connectivity index (χ1) is 37.8. The Morgan fingerprint density at radius 1 is 0.449 bits per heavy atom. The number of rotatable bonds is 46. The standard InChI is InChI=1S/C59H111NO18/c1-3-5-7-9-10-11-12-13-14-15-16-17-18-19-20-21-22-23-24-25-26-27-28-29-30-31-32-33-35-37-47(65)60-42(43(64)36-34-8-6-4-2)41-73-57-53(71)50(68)55(45(39-62)75-57)78-59-54(72)51(69)56(46(40-63)76-59)77-58-52(70)49(67)48(66)44(38-61)74-58/h15-16,42-46,48-59,61-64,66-72H,3-14,17-41H2,1-2H3,(H,60,65)/b16-15-. The van der Waals surface area contributed by atoms with Gasteiger partial charge >= 0.3 is 0 Å². The number of aliphatic hydroxyl groups is 11. The predicted octanol–water partition coefficient (Wildman–Crippen LogP) is 5.77. The molecule has 0 aromatic heterocycles. The molecule has 78 heavy (non-hydrogen) atoms. The van der Waals surface area contributed by atoms with E-state index >= 15 is 0 Å². The molecule has 0 aromatic carbocycles. The number of unbranched alkanes of at least 4 members (excludes halogenated alkanes) is 28. The molecule has 0 aliphatic carbocycles. The summed E-state index contributed by atoms with van der Waals surface area (Å²) in [6.07, 6.45) is 17.1. The molecule has 3 fully saturated rings. The highest BCUT2D eigenvalue weighted by Crippen LogP contribution is 2.33. The van der Waals surface area contributed by atoms with Gasteiger partial charge in [-0.15, -0.1) is 0 Å². The van der Waals surface area contributed by atoms with Crippen LogP contribution in [0.5, 0.6) is 0 Å². The SMILES string of the molecule is CCCCCCCCCC/C=C\CCCCCCCCCCCCCCCCCCCC(=O)NC(COC1OC(CO)C(OC2OC(CO)C(OC3OC(CO)C(O)C(O)C3O)C(O)C2O)C(O)C1O)C(O)CCCCCC. The van der Waals surface area contributed by atoms with Gasteiger partial charge in [0.25, 0.3) is 0 Å². The maximum Gasteiger partial charge on any atom is 0.220 e. The molecule has 0 radical (unpaired) electrons. The molecule has 0 aromatic rings. The third-order valence-electron chi connectivity index (χ3n) is 15.8. The zero-order chi connectivity index (χ0) is 56.9. The van der Waals surface area contributed by atoms with Gasteiger partial charge in [-0.3, -0.25) is 4.79 Å². The van der Waals surface area contributed by atoms with Crippen molar-refractivity contribution in [3.63, 3.8) is 0 Å². The van der Waals surface area contributed by atoms with Crippen molar-refractivity contribution in [1.82, 2.24) is 5.32 Å². The van der Waals surface area contributed by atoms with Crippen LogP contribution in [0.15, 0.2) is 12.2 Å². The Balaban J connectivity index is 1.30. The van der Waals surface area contributed by atoms with Crippen LogP contribution in [0.2, 0.25) is 0 Å². The van der Waals surface area contributed by atoms with E-state index in [4.69, 9.17) is 28.4 Å². The Bertz CT molecular complexity index is 1480. The average molecular weight is 1120 g/mol. The molecule has 17 unspecified atom stereocenters. The third kappa shape index (κ3) is 26.8. The summed E-state index contributed by atoms with van der Waals surface area (Å²) in [4.78, 5) is 13.2. The summed E-state index contributed by atoms with van der Waals surface area (Å²) in [6, 6.07) is -0.879. The average Bonchev–Trinajstić information content (AvgIpc) is 3.48. The van der Waals surface area contributed by atoms with Gasteiger partial charge in [-0.25, -0.2) is 0 Å². The largest absolute Gasteiger partial charge is 0.394 e. The fourth-order valence-electron chi connectivity index (χ4n) is 10.7. The molecule has 0 saturated carbocycles. The molecule has 3 saturated heterocycles. The summed E-state index contributed by atoms with van der Waals surface area (Å²) in [6.45, 7) is 1.66. The third-order valence-corrected chi connectivity index (χ3v) is 15.8. The van der Waals surface area contributed by atoms with Crippen LogP contribution in [0.4, 0.5) is 0 Å². The van der Waals surface area contributed by atoms with E-state index in [0.717, 1.165) is 38.5 Å². The Labute approximate surface area is 467 Å². The Kier molecular flexibility index (Phi) is 39.2. The minimum absolute atomic E-state index is 0.249. The number of carbonyl (C=O) groups is 1. The molecule has 19 nitrogen and oxygen atoms in total. The number of aliphatic hydroxyl groups excluding tert-OH is 11. The molecule has 17 atom stereocenters. The van der Waals surface area contributed by atoms with Crippen LogP contribution < -0.4 is 5.32 Å². The van der Waals surface area contributed by atoms with Gasteiger partial charge in [0, 0.05) is 6.42 Å². The van der Waals surface area contributed by atoms with Crippen molar-refractivity contribution in [3.05, 3.63) is 12.2 Å². The number of carbonyl (C=O) groups excluding carboxylic acids is 1. The molecule has 0 spiro atoms. The molecular formula is C59H111NO18. The second kappa shape index (κ2) is 43.2. The van der Waals surface area contributed by atoms with E-state index in [0.29, 0.717) is 19.3 Å². The number of allylic oxidation sites excluding steroid dienone is 2. The molecule has 3 aliphatic rings. The lowest BCUT2D eigenvalue weighted by atomic mass is 9.96. The summed E-state index contributed by atoms with van der Waals surface area (Å²) in [7, 11) is 0. The van der Waals surface area contributed by atoms with Crippen molar-refractivity contribution in [1.29, 1.82) is 0 Å². The zero-order valence-corrected chi connectivity index (χ0v) is 47.9. The molecule has 1 amide bonds. The number of hydrogen-bond donors (Lipinski definition) is 12. The van der Waals surface area contributed by atoms with E-state index < -0.39 is 124 Å². The van der Waals surface area contributed by atoms with Gasteiger partial charge < -0.3 is 89.9 Å². The van der Waals surface area contributed by atoms with Gasteiger partial charge in [-0.2, -0.15) is 0 Å². The van der Waals surface area contributed by atoms with Crippen molar-refractivity contribution < 1.29 is 89.4 Å². The number of ether oxygens (including phenoxy) is 6. The van der Waals surface area contributed by atoms with Crippen LogP contribution in [-0.4, -0.2) is 193 Å². The van der Waals surface area contributed by atoms with E-state index in [1.165, 1.54) is 148 Å². The van der Waals surface area contributed by atoms with Crippen molar-refractivity contribution in [3.8, 4) is 0 Å². The Morgan fingerprint density at radius 2 is 0.808 bits per heavy atom. The summed E-state index contributed by atoms with van der Waals surface area (Å²) in [5, 5.41) is 119. The molecular weight excluding hydrogens is 1010 g/mol. The minimum atomic E-state index is -1.97. The highest BCUT2D eigenvalue weighted by atomic mass is 16.8. The molecule has 3 aliphatic heterocycles. The molecule has 0 bridgehead atoms. The molecule has 12 N–H and O–H groups in total. The topological polar surface area (TPSA) is 307 Å². The lowest BCUT2D eigenvalue weighted by molar-refractivity contribution is -0.379. The van der Waals surface area contributed by atoms with Gasteiger partial charge in [0.15, 0.2) is 18.9 Å². The van der Waals surface area contributed by atoms with Gasteiger partial charge in [0.05, 0.1) is 38.6 Å². The highest BCUT2D eigenvalue weighted by Gasteiger charge is 2.53. The quantitative estimate of drug-likeness (QED) is 0.0254. The van der Waals surface area contributed by atoms with Crippen LogP contribution >= 0.6 is 0 Å². The van der Waals surface area contributed by atoms with Crippen molar-refractivity contribution >= 4 is 5.91 Å². The lowest BCUT2D eigenvalue weighted by Gasteiger charge is -2.48. The van der Waals surface area contributed by atoms with Gasteiger partial charge in [-0.05, 0) is 38.5 Å². The number of nitrogens with one attached hydrogen (secondary N) is 1. The van der Waals surface area contributed by atoms with Crippen molar-refractivity contribution in [2.24, 2.45) is 0 Å². The van der Waals surface area contributed by atoms with Crippen LogP contribution in [-0.2, 0) is 33.2 Å². The van der Waals surface area contributed by atoms with Crippen LogP contribution in [0.25, 0.3) is 0 Å². The monoisotopic (exact) mass is 1120 g/mol. The first-order valence-electron chi connectivity index (χ1n) is 30.9. The maximum atomic E-state index is 13.2. The first kappa shape index (κ1) is 70.8. The summed E-state index contributed by atoms with van der Waals surface area (Å²) in [5.41, 5.74) is 0. The maximum absolute atomic E-state index is 13.2. The zero-order valence-electron chi connectivity index (χ0n) is 47.9. The van der Waals surface area contributed by atoms with Crippen molar-refractivity contribution in [2.75, 3.05) is 26.4 Å². The summed E-state index contributed by atoms with van der Waals surface area (Å²) in [5.74, 6) is -0.249. The fraction of sp³-hybridized carbons (Fsp3) is 0.949. The first-order valence-corrected chi connectivity index (χ1v) is 30.9. The van der Waals surface area contributed by atoms with E-state index in [9.17, 15) is 61.0 Å². The van der Waals surface area contributed by atoms with Crippen LogP contribution in [0.1, 0.15) is 226 Å². The van der Waals surface area contributed by atoms with E-state index in [-0.39, 0.29) is 18.9 Å². The Hall–Kier alpha value is -1.47. The van der Waals surface area contributed by atoms with E-state index in [1.54, 1.807) is 0 Å². The molecule has 3 rings (SSSR count). The van der Waals surface area contributed by atoms with Gasteiger partial charge in [0.2, 0.25) is 5.91 Å². The summed E-state index contributed by atoms with van der Waals surface area (Å²) < 4.78 is 34.1. The van der Waals surface area contributed by atoms with Crippen LogP contribution in [0.3, 0.4) is 0 Å². The fourth-order valence-corrected chi connectivity index (χ4v) is 10.7. The predicted molar refractivity (Wildman–Crippen MR) is 296 cm³/mol. The second-order valence-corrected chi connectivity index (χ2v) is 22.5. The van der Waals surface area contributed by atoms with Gasteiger partial charge in [-0.1, -0.05) is 193 Å². The van der Waals surface area contributed by atoms with Gasteiger partial charge in [0.1, 0.15) is 73.2 Å². The van der Waals surface area contributed by atoms with Crippen LogP contribution in [0, 0.1) is 0 Å². The minimum Gasteiger partial charge on any atom is -0.394 e. The van der Waals surface area contributed by atoms with Crippen molar-refractivity contribution in [2.45, 2.75) is 330 Å². The van der Waals surface area contributed by atoms with E-state index in [2.05, 4.69) is 31.3 Å². The Morgan fingerprint density at radius 3 is 1.24 bits per heavy atom. The number of amides is 1. The second-order valence-electron chi connectivity index (χ2n) is 22.5.